The molecule has 0 radical (unpaired) electrons. The van der Waals surface area contributed by atoms with Crippen LogP contribution in [0.3, 0.4) is 0 Å². The summed E-state index contributed by atoms with van der Waals surface area (Å²) in [6.45, 7) is 6.25. The zero-order chi connectivity index (χ0) is 13.1. The Morgan fingerprint density at radius 3 is 2.59 bits per heavy atom. The second kappa shape index (κ2) is 4.91. The van der Waals surface area contributed by atoms with Crippen LogP contribution in [0.4, 0.5) is 4.79 Å². The number of carbonyl (C=O) groups excluding carboxylic acids is 1. The van der Waals surface area contributed by atoms with Crippen molar-refractivity contribution in [3.8, 4) is 0 Å². The molecule has 0 bridgehead atoms. The number of hydrogen-bond acceptors (Lipinski definition) is 3. The lowest BCUT2D eigenvalue weighted by Gasteiger charge is -2.25. The van der Waals surface area contributed by atoms with Crippen molar-refractivity contribution in [3.63, 3.8) is 0 Å². The fourth-order valence-corrected chi connectivity index (χ4v) is 1.46. The van der Waals surface area contributed by atoms with Gasteiger partial charge in [0.25, 0.3) is 0 Å². The van der Waals surface area contributed by atoms with Crippen molar-refractivity contribution in [1.82, 2.24) is 10.6 Å². The highest BCUT2D eigenvalue weighted by Crippen LogP contribution is 2.17. The predicted molar refractivity (Wildman–Crippen MR) is 61.8 cm³/mol. The molecule has 1 fully saturated rings. The molecular weight excluding hydrogens is 224 g/mol. The minimum absolute atomic E-state index is 0.0884. The number of hydrogen-bond donors (Lipinski definition) is 3. The molecule has 6 heteroatoms. The van der Waals surface area contributed by atoms with Crippen LogP contribution in [0.2, 0.25) is 0 Å². The largest absolute Gasteiger partial charge is 0.481 e. The number of aliphatic carboxylic acids is 1. The minimum Gasteiger partial charge on any atom is -0.481 e. The molecule has 0 aromatic rings. The normalized spacial score (nSPS) is 24.4. The van der Waals surface area contributed by atoms with E-state index in [1.54, 1.807) is 13.8 Å². The molecule has 1 aliphatic heterocycles. The summed E-state index contributed by atoms with van der Waals surface area (Å²) in [6.07, 6.45) is 0.767. The average molecular weight is 244 g/mol. The van der Waals surface area contributed by atoms with E-state index in [9.17, 15) is 9.59 Å². The molecule has 2 amide bonds. The number of nitrogens with one attached hydrogen (secondary N) is 2. The summed E-state index contributed by atoms with van der Waals surface area (Å²) >= 11 is 0. The Morgan fingerprint density at radius 1 is 1.47 bits per heavy atom. The molecule has 0 aromatic carbocycles. The third-order valence-electron chi connectivity index (χ3n) is 2.90. The third-order valence-corrected chi connectivity index (χ3v) is 2.90. The molecule has 1 unspecified atom stereocenters. The summed E-state index contributed by atoms with van der Waals surface area (Å²) in [5.41, 5.74) is -1.32. The Morgan fingerprint density at radius 2 is 2.12 bits per heavy atom. The predicted octanol–water partition coefficient (Wildman–Crippen LogP) is 0.575. The van der Waals surface area contributed by atoms with Gasteiger partial charge in [-0.15, -0.1) is 0 Å². The molecule has 0 aliphatic carbocycles. The van der Waals surface area contributed by atoms with E-state index < -0.39 is 11.4 Å². The zero-order valence-corrected chi connectivity index (χ0v) is 10.5. The lowest BCUT2D eigenvalue weighted by molar-refractivity contribution is -0.146. The van der Waals surface area contributed by atoms with Gasteiger partial charge in [-0.1, -0.05) is 0 Å². The first-order valence-corrected chi connectivity index (χ1v) is 5.62. The first-order valence-electron chi connectivity index (χ1n) is 5.62. The number of amides is 2. The SMILES string of the molecule is CC1(NC(=O)NCC(C)(C)C(=O)O)CCOC1. The van der Waals surface area contributed by atoms with Gasteiger partial charge in [-0.2, -0.15) is 0 Å². The molecule has 17 heavy (non-hydrogen) atoms. The van der Waals surface area contributed by atoms with Crippen LogP contribution >= 0.6 is 0 Å². The summed E-state index contributed by atoms with van der Waals surface area (Å²) in [5, 5.41) is 14.3. The average Bonchev–Trinajstić information content (AvgIpc) is 2.62. The Kier molecular flexibility index (Phi) is 3.98. The van der Waals surface area contributed by atoms with Crippen LogP contribution in [0.25, 0.3) is 0 Å². The molecule has 0 saturated carbocycles. The van der Waals surface area contributed by atoms with Crippen molar-refractivity contribution in [2.75, 3.05) is 19.8 Å². The standard InChI is InChI=1S/C11H20N2O4/c1-10(2,8(14)15)6-12-9(16)13-11(3)4-5-17-7-11/h4-7H2,1-3H3,(H,14,15)(H2,12,13,16). The maximum atomic E-state index is 11.6. The van der Waals surface area contributed by atoms with Crippen molar-refractivity contribution in [1.29, 1.82) is 0 Å². The fraction of sp³-hybridized carbons (Fsp3) is 0.818. The van der Waals surface area contributed by atoms with Crippen LogP contribution < -0.4 is 10.6 Å². The Balaban J connectivity index is 2.38. The van der Waals surface area contributed by atoms with Gasteiger partial charge in [0.15, 0.2) is 0 Å². The fourth-order valence-electron chi connectivity index (χ4n) is 1.46. The smallest absolute Gasteiger partial charge is 0.315 e. The first-order chi connectivity index (χ1) is 7.75. The lowest BCUT2D eigenvalue weighted by Crippen LogP contribution is -2.52. The monoisotopic (exact) mass is 244 g/mol. The molecular formula is C11H20N2O4. The van der Waals surface area contributed by atoms with Crippen LogP contribution in [-0.2, 0) is 9.53 Å². The van der Waals surface area contributed by atoms with Gasteiger partial charge < -0.3 is 20.5 Å². The number of urea groups is 1. The highest BCUT2D eigenvalue weighted by atomic mass is 16.5. The van der Waals surface area contributed by atoms with E-state index in [0.29, 0.717) is 13.2 Å². The van der Waals surface area contributed by atoms with E-state index in [4.69, 9.17) is 9.84 Å². The summed E-state index contributed by atoms with van der Waals surface area (Å²) in [5.74, 6) is -0.937. The number of rotatable bonds is 4. The van der Waals surface area contributed by atoms with Crippen LogP contribution in [-0.4, -0.2) is 42.4 Å². The molecule has 1 heterocycles. The minimum atomic E-state index is -0.968. The van der Waals surface area contributed by atoms with E-state index in [1.165, 1.54) is 0 Å². The zero-order valence-electron chi connectivity index (χ0n) is 10.5. The molecule has 98 valence electrons. The van der Waals surface area contributed by atoms with Gasteiger partial charge in [0.1, 0.15) is 0 Å². The van der Waals surface area contributed by atoms with E-state index >= 15 is 0 Å². The summed E-state index contributed by atoms with van der Waals surface area (Å²) in [6, 6.07) is -0.354. The summed E-state index contributed by atoms with van der Waals surface area (Å²) in [7, 11) is 0. The van der Waals surface area contributed by atoms with Crippen LogP contribution in [0.1, 0.15) is 27.2 Å². The molecule has 3 N–H and O–H groups in total. The summed E-state index contributed by atoms with van der Waals surface area (Å²) in [4.78, 5) is 22.5. The van der Waals surface area contributed by atoms with Crippen LogP contribution in [0.15, 0.2) is 0 Å². The van der Waals surface area contributed by atoms with E-state index in [0.717, 1.165) is 6.42 Å². The Bertz CT molecular complexity index is 309. The van der Waals surface area contributed by atoms with Crippen molar-refractivity contribution in [2.24, 2.45) is 5.41 Å². The van der Waals surface area contributed by atoms with E-state index in [-0.39, 0.29) is 18.1 Å². The van der Waals surface area contributed by atoms with Gasteiger partial charge in [0.2, 0.25) is 0 Å². The second-order valence-corrected chi connectivity index (χ2v) is 5.36. The molecule has 1 rings (SSSR count). The van der Waals surface area contributed by atoms with Crippen molar-refractivity contribution < 1.29 is 19.4 Å². The number of carboxylic acids is 1. The molecule has 1 saturated heterocycles. The first kappa shape index (κ1) is 13.8. The Hall–Kier alpha value is -1.30. The molecule has 0 spiro atoms. The van der Waals surface area contributed by atoms with Gasteiger partial charge >= 0.3 is 12.0 Å². The van der Waals surface area contributed by atoms with Crippen molar-refractivity contribution in [3.05, 3.63) is 0 Å². The van der Waals surface area contributed by atoms with Gasteiger partial charge in [-0.05, 0) is 27.2 Å². The van der Waals surface area contributed by atoms with Crippen LogP contribution in [0.5, 0.6) is 0 Å². The van der Waals surface area contributed by atoms with Gasteiger partial charge in [0, 0.05) is 13.2 Å². The van der Waals surface area contributed by atoms with Crippen LogP contribution in [0, 0.1) is 5.41 Å². The maximum absolute atomic E-state index is 11.6. The van der Waals surface area contributed by atoms with Gasteiger partial charge in [0.05, 0.1) is 17.6 Å². The summed E-state index contributed by atoms with van der Waals surface area (Å²) < 4.78 is 5.21. The highest BCUT2D eigenvalue weighted by molar-refractivity contribution is 5.78. The number of ether oxygens (including phenoxy) is 1. The van der Waals surface area contributed by atoms with Gasteiger partial charge in [-0.3, -0.25) is 4.79 Å². The van der Waals surface area contributed by atoms with E-state index in [2.05, 4.69) is 10.6 Å². The lowest BCUT2D eigenvalue weighted by atomic mass is 9.94. The molecule has 1 atom stereocenters. The second-order valence-electron chi connectivity index (χ2n) is 5.36. The Labute approximate surface area is 101 Å². The number of carbonyl (C=O) groups is 2. The molecule has 1 aliphatic rings. The van der Waals surface area contributed by atoms with Crippen molar-refractivity contribution in [2.45, 2.75) is 32.7 Å². The highest BCUT2D eigenvalue weighted by Gasteiger charge is 2.32. The topological polar surface area (TPSA) is 87.7 Å². The van der Waals surface area contributed by atoms with Gasteiger partial charge in [-0.25, -0.2) is 4.79 Å². The quantitative estimate of drug-likeness (QED) is 0.675. The maximum Gasteiger partial charge on any atom is 0.315 e. The molecule has 6 nitrogen and oxygen atoms in total. The van der Waals surface area contributed by atoms with Crippen molar-refractivity contribution >= 4 is 12.0 Å². The third kappa shape index (κ3) is 3.89. The molecule has 0 aromatic heterocycles. The number of carboxylic acid groups (broad SMARTS) is 1. The van der Waals surface area contributed by atoms with E-state index in [1.807, 2.05) is 6.92 Å².